The van der Waals surface area contributed by atoms with E-state index in [1.54, 1.807) is 6.92 Å². The van der Waals surface area contributed by atoms with Crippen molar-refractivity contribution in [1.82, 2.24) is 4.98 Å². The van der Waals surface area contributed by atoms with Gasteiger partial charge >= 0.3 is 5.97 Å². The van der Waals surface area contributed by atoms with Crippen LogP contribution in [0.2, 0.25) is 0 Å². The van der Waals surface area contributed by atoms with Crippen molar-refractivity contribution in [2.24, 2.45) is 5.73 Å². The maximum atomic E-state index is 12.9. The lowest BCUT2D eigenvalue weighted by molar-refractivity contribution is 0.0517. The van der Waals surface area contributed by atoms with Crippen molar-refractivity contribution >= 4 is 5.97 Å². The highest BCUT2D eigenvalue weighted by molar-refractivity contribution is 5.87. The molecule has 1 aromatic heterocycles. The second-order valence-corrected chi connectivity index (χ2v) is 3.31. The number of methoxy groups -OCH3 is 1. The van der Waals surface area contributed by atoms with Crippen LogP contribution in [-0.2, 0) is 11.3 Å². The van der Waals surface area contributed by atoms with E-state index in [9.17, 15) is 13.6 Å². The molecule has 0 fully saturated rings. The lowest BCUT2D eigenvalue weighted by Crippen LogP contribution is -2.13. The van der Waals surface area contributed by atoms with Gasteiger partial charge < -0.3 is 15.2 Å². The minimum atomic E-state index is -2.77. The van der Waals surface area contributed by atoms with Crippen LogP contribution in [0.3, 0.4) is 0 Å². The van der Waals surface area contributed by atoms with Gasteiger partial charge in [-0.15, -0.1) is 0 Å². The first-order chi connectivity index (χ1) is 8.54. The first-order valence-electron chi connectivity index (χ1n) is 5.28. The minimum absolute atomic E-state index is 0.0838. The van der Waals surface area contributed by atoms with Crippen LogP contribution in [0.25, 0.3) is 0 Å². The number of pyridine rings is 1. The Morgan fingerprint density at radius 1 is 1.56 bits per heavy atom. The Labute approximate surface area is 103 Å². The highest BCUT2D eigenvalue weighted by Gasteiger charge is 2.22. The monoisotopic (exact) mass is 260 g/mol. The molecule has 18 heavy (non-hydrogen) atoms. The van der Waals surface area contributed by atoms with Crippen molar-refractivity contribution in [1.29, 1.82) is 0 Å². The standard InChI is InChI=1S/C11H14F2N2O3/c1-3-18-11(16)8-4-6(9(12)13)7(5-14)10(15-8)17-2/h4,9H,3,5,14H2,1-2H3. The van der Waals surface area contributed by atoms with Crippen LogP contribution in [0, 0.1) is 0 Å². The molecule has 1 heterocycles. The average molecular weight is 260 g/mol. The van der Waals surface area contributed by atoms with Gasteiger partial charge in [0.2, 0.25) is 5.88 Å². The summed E-state index contributed by atoms with van der Waals surface area (Å²) in [6, 6.07) is 0.980. The molecule has 0 radical (unpaired) electrons. The van der Waals surface area contributed by atoms with E-state index in [-0.39, 0.29) is 35.9 Å². The Morgan fingerprint density at radius 3 is 2.67 bits per heavy atom. The van der Waals surface area contributed by atoms with Crippen molar-refractivity contribution < 1.29 is 23.0 Å². The second kappa shape index (κ2) is 6.25. The van der Waals surface area contributed by atoms with Gasteiger partial charge in [0.1, 0.15) is 0 Å². The number of hydrogen-bond donors (Lipinski definition) is 1. The molecule has 0 aliphatic carbocycles. The normalized spacial score (nSPS) is 10.6. The summed E-state index contributed by atoms with van der Waals surface area (Å²) in [6.45, 7) is 1.59. The predicted molar refractivity (Wildman–Crippen MR) is 59.6 cm³/mol. The smallest absolute Gasteiger partial charge is 0.357 e. The summed E-state index contributed by atoms with van der Waals surface area (Å²) in [5.41, 5.74) is 4.87. The van der Waals surface area contributed by atoms with Crippen molar-refractivity contribution in [2.75, 3.05) is 13.7 Å². The summed E-state index contributed by atoms with van der Waals surface area (Å²) in [7, 11) is 1.27. The number of esters is 1. The van der Waals surface area contributed by atoms with Gasteiger partial charge in [0.25, 0.3) is 6.43 Å². The Morgan fingerprint density at radius 2 is 2.22 bits per heavy atom. The van der Waals surface area contributed by atoms with Crippen molar-refractivity contribution in [3.63, 3.8) is 0 Å². The van der Waals surface area contributed by atoms with Gasteiger partial charge in [0, 0.05) is 17.7 Å². The zero-order valence-corrected chi connectivity index (χ0v) is 10.1. The van der Waals surface area contributed by atoms with E-state index in [0.29, 0.717) is 0 Å². The van der Waals surface area contributed by atoms with Crippen molar-refractivity contribution in [3.05, 3.63) is 22.9 Å². The fourth-order valence-electron chi connectivity index (χ4n) is 1.45. The summed E-state index contributed by atoms with van der Waals surface area (Å²) in [4.78, 5) is 15.3. The van der Waals surface area contributed by atoms with Gasteiger partial charge in [0.15, 0.2) is 5.69 Å². The molecular weight excluding hydrogens is 246 g/mol. The Hall–Kier alpha value is -1.76. The molecule has 0 bridgehead atoms. The number of nitrogens with two attached hydrogens (primary N) is 1. The minimum Gasteiger partial charge on any atom is -0.481 e. The van der Waals surface area contributed by atoms with E-state index >= 15 is 0 Å². The molecule has 0 unspecified atom stereocenters. The summed E-state index contributed by atoms with van der Waals surface area (Å²) in [5, 5.41) is 0. The number of aromatic nitrogens is 1. The fourth-order valence-corrected chi connectivity index (χ4v) is 1.45. The van der Waals surface area contributed by atoms with Crippen LogP contribution in [-0.4, -0.2) is 24.7 Å². The van der Waals surface area contributed by atoms with Crippen LogP contribution < -0.4 is 10.5 Å². The van der Waals surface area contributed by atoms with Gasteiger partial charge in [0.05, 0.1) is 13.7 Å². The molecule has 5 nitrogen and oxygen atoms in total. The maximum absolute atomic E-state index is 12.9. The van der Waals surface area contributed by atoms with Gasteiger partial charge in [-0.05, 0) is 13.0 Å². The van der Waals surface area contributed by atoms with Crippen molar-refractivity contribution in [3.8, 4) is 5.88 Å². The molecule has 0 saturated carbocycles. The van der Waals surface area contributed by atoms with E-state index in [1.165, 1.54) is 7.11 Å². The van der Waals surface area contributed by atoms with Crippen LogP contribution >= 0.6 is 0 Å². The number of rotatable bonds is 5. The number of carbonyl (C=O) groups excluding carboxylic acids is 1. The van der Waals surface area contributed by atoms with Gasteiger partial charge in [-0.3, -0.25) is 0 Å². The van der Waals surface area contributed by atoms with E-state index in [2.05, 4.69) is 4.98 Å². The Balaban J connectivity index is 3.31. The number of nitrogens with zero attached hydrogens (tertiary/aromatic N) is 1. The first-order valence-corrected chi connectivity index (χ1v) is 5.28. The fraction of sp³-hybridized carbons (Fsp3) is 0.455. The SMILES string of the molecule is CCOC(=O)c1cc(C(F)F)c(CN)c(OC)n1. The maximum Gasteiger partial charge on any atom is 0.357 e. The molecule has 0 atom stereocenters. The first kappa shape index (κ1) is 14.3. The molecule has 1 aromatic rings. The topological polar surface area (TPSA) is 74.4 Å². The van der Waals surface area contributed by atoms with Gasteiger partial charge in [-0.25, -0.2) is 18.6 Å². The Bertz CT molecular complexity index is 439. The van der Waals surface area contributed by atoms with Gasteiger partial charge in [-0.2, -0.15) is 0 Å². The molecule has 0 aromatic carbocycles. The highest BCUT2D eigenvalue weighted by Crippen LogP contribution is 2.29. The van der Waals surface area contributed by atoms with E-state index in [1.807, 2.05) is 0 Å². The molecule has 0 aliphatic rings. The average Bonchev–Trinajstić information content (AvgIpc) is 2.37. The highest BCUT2D eigenvalue weighted by atomic mass is 19.3. The van der Waals surface area contributed by atoms with Gasteiger partial charge in [-0.1, -0.05) is 0 Å². The third-order valence-corrected chi connectivity index (χ3v) is 2.24. The summed E-state index contributed by atoms with van der Waals surface area (Å²) in [6.07, 6.45) is -2.77. The molecule has 0 aliphatic heterocycles. The molecule has 0 spiro atoms. The zero-order valence-electron chi connectivity index (χ0n) is 10.1. The summed E-state index contributed by atoms with van der Waals surface area (Å²) >= 11 is 0. The number of carbonyl (C=O) groups is 1. The van der Waals surface area contributed by atoms with Crippen LogP contribution in [0.15, 0.2) is 6.07 Å². The van der Waals surface area contributed by atoms with Crippen molar-refractivity contribution in [2.45, 2.75) is 19.9 Å². The van der Waals surface area contributed by atoms with Crippen LogP contribution in [0.5, 0.6) is 5.88 Å². The molecule has 0 amide bonds. The molecule has 0 saturated heterocycles. The zero-order chi connectivity index (χ0) is 13.7. The molecule has 100 valence electrons. The van der Waals surface area contributed by atoms with E-state index < -0.39 is 12.4 Å². The molecular formula is C11H14F2N2O3. The number of halogens is 2. The third kappa shape index (κ3) is 2.92. The lowest BCUT2D eigenvalue weighted by Gasteiger charge is -2.12. The number of alkyl halides is 2. The Kier molecular flexibility index (Phi) is 4.96. The van der Waals surface area contributed by atoms with Crippen LogP contribution in [0.1, 0.15) is 35.0 Å². The molecule has 7 heteroatoms. The quantitative estimate of drug-likeness (QED) is 0.815. The molecule has 2 N–H and O–H groups in total. The summed E-state index contributed by atoms with van der Waals surface area (Å²) < 4.78 is 35.3. The number of hydrogen-bond acceptors (Lipinski definition) is 5. The largest absolute Gasteiger partial charge is 0.481 e. The van der Waals surface area contributed by atoms with E-state index in [0.717, 1.165) is 6.07 Å². The second-order valence-electron chi connectivity index (χ2n) is 3.31. The summed E-state index contributed by atoms with van der Waals surface area (Å²) in [5.74, 6) is -0.861. The van der Waals surface area contributed by atoms with E-state index in [4.69, 9.17) is 15.2 Å². The van der Waals surface area contributed by atoms with Crippen LogP contribution in [0.4, 0.5) is 8.78 Å². The number of ether oxygens (including phenoxy) is 2. The lowest BCUT2D eigenvalue weighted by atomic mass is 10.1. The predicted octanol–water partition coefficient (Wildman–Crippen LogP) is 1.66. The molecule has 1 rings (SSSR count). The third-order valence-electron chi connectivity index (χ3n) is 2.24.